The fourth-order valence-corrected chi connectivity index (χ4v) is 3.30. The summed E-state index contributed by atoms with van der Waals surface area (Å²) in [6.07, 6.45) is 3.72. The molecule has 4 nitrogen and oxygen atoms in total. The molecule has 22 heavy (non-hydrogen) atoms. The van der Waals surface area contributed by atoms with Crippen molar-refractivity contribution < 1.29 is 9.21 Å². The summed E-state index contributed by atoms with van der Waals surface area (Å²) in [5.41, 5.74) is 0. The Kier molecular flexibility index (Phi) is 6.07. The van der Waals surface area contributed by atoms with Crippen LogP contribution in [0.15, 0.2) is 22.8 Å². The molecule has 4 heteroatoms. The Morgan fingerprint density at radius 1 is 1.41 bits per heavy atom. The molecule has 0 bridgehead atoms. The predicted octanol–water partition coefficient (Wildman–Crippen LogP) is 3.26. The number of carbonyl (C=O) groups excluding carboxylic acids is 1. The molecule has 0 spiro atoms. The lowest BCUT2D eigenvalue weighted by atomic mass is 10.0. The van der Waals surface area contributed by atoms with Crippen molar-refractivity contribution >= 4 is 5.91 Å². The third-order valence-corrected chi connectivity index (χ3v) is 4.62. The van der Waals surface area contributed by atoms with Crippen LogP contribution in [0.4, 0.5) is 0 Å². The first-order valence-electron chi connectivity index (χ1n) is 8.61. The quantitative estimate of drug-likeness (QED) is 0.761. The summed E-state index contributed by atoms with van der Waals surface area (Å²) in [5.74, 6) is 2.15. The molecular formula is C18H30N2O2. The Morgan fingerprint density at radius 3 is 2.68 bits per heavy atom. The van der Waals surface area contributed by atoms with Gasteiger partial charge in [0.2, 0.25) is 5.91 Å². The summed E-state index contributed by atoms with van der Waals surface area (Å²) < 4.78 is 5.40. The molecule has 124 valence electrons. The van der Waals surface area contributed by atoms with Gasteiger partial charge in [-0.3, -0.25) is 9.69 Å². The molecule has 1 aromatic heterocycles. The average Bonchev–Trinajstić information content (AvgIpc) is 3.10. The fourth-order valence-electron chi connectivity index (χ4n) is 3.30. The van der Waals surface area contributed by atoms with Gasteiger partial charge in [0.15, 0.2) is 0 Å². The number of furan rings is 1. The number of carbonyl (C=O) groups is 1. The molecule has 0 aromatic carbocycles. The van der Waals surface area contributed by atoms with Crippen LogP contribution in [0.3, 0.4) is 0 Å². The van der Waals surface area contributed by atoms with Gasteiger partial charge in [0.1, 0.15) is 5.76 Å². The SMILES string of the molecule is CCN(CC)[C@H](CNC(=O)[C@@H]1C[C@@H]1c1ccco1)CC(C)C. The van der Waals surface area contributed by atoms with E-state index in [1.54, 1.807) is 6.26 Å². The molecule has 1 fully saturated rings. The van der Waals surface area contributed by atoms with Crippen LogP contribution in [0.5, 0.6) is 0 Å². The minimum absolute atomic E-state index is 0.0996. The highest BCUT2D eigenvalue weighted by molar-refractivity contribution is 5.82. The zero-order valence-electron chi connectivity index (χ0n) is 14.3. The van der Waals surface area contributed by atoms with Gasteiger partial charge in [0.05, 0.1) is 6.26 Å². The molecule has 1 aliphatic carbocycles. The highest BCUT2D eigenvalue weighted by Crippen LogP contribution is 2.47. The second kappa shape index (κ2) is 7.82. The lowest BCUT2D eigenvalue weighted by Crippen LogP contribution is -2.45. The van der Waals surface area contributed by atoms with Gasteiger partial charge in [-0.25, -0.2) is 0 Å². The van der Waals surface area contributed by atoms with Gasteiger partial charge in [-0.2, -0.15) is 0 Å². The molecule has 0 aliphatic heterocycles. The topological polar surface area (TPSA) is 45.5 Å². The summed E-state index contributed by atoms with van der Waals surface area (Å²) >= 11 is 0. The maximum Gasteiger partial charge on any atom is 0.223 e. The van der Waals surface area contributed by atoms with Crippen molar-refractivity contribution in [2.45, 2.75) is 52.5 Å². The second-order valence-electron chi connectivity index (χ2n) is 6.71. The molecule has 1 saturated carbocycles. The van der Waals surface area contributed by atoms with Gasteiger partial charge in [0.25, 0.3) is 0 Å². The Bertz CT molecular complexity index is 452. The Morgan fingerprint density at radius 2 is 2.14 bits per heavy atom. The van der Waals surface area contributed by atoms with Gasteiger partial charge in [0, 0.05) is 24.4 Å². The Hall–Kier alpha value is -1.29. The minimum atomic E-state index is 0.0996. The van der Waals surface area contributed by atoms with Gasteiger partial charge in [-0.1, -0.05) is 27.7 Å². The number of rotatable bonds is 9. The summed E-state index contributed by atoms with van der Waals surface area (Å²) in [6.45, 7) is 11.7. The van der Waals surface area contributed by atoms with Crippen LogP contribution >= 0.6 is 0 Å². The third-order valence-electron chi connectivity index (χ3n) is 4.62. The van der Waals surface area contributed by atoms with Crippen molar-refractivity contribution in [1.29, 1.82) is 0 Å². The van der Waals surface area contributed by atoms with Gasteiger partial charge >= 0.3 is 0 Å². The number of likely N-dealkylation sites (N-methyl/N-ethyl adjacent to an activating group) is 1. The smallest absolute Gasteiger partial charge is 0.223 e. The van der Waals surface area contributed by atoms with E-state index in [0.717, 1.165) is 38.2 Å². The van der Waals surface area contributed by atoms with Gasteiger partial charge in [-0.05, 0) is 44.0 Å². The Balaban J connectivity index is 1.83. The second-order valence-corrected chi connectivity index (χ2v) is 6.71. The van der Waals surface area contributed by atoms with Crippen LogP contribution < -0.4 is 5.32 Å². The first-order chi connectivity index (χ1) is 10.6. The molecule has 1 heterocycles. The molecule has 1 amide bonds. The number of hydrogen-bond donors (Lipinski definition) is 1. The standard InChI is InChI=1S/C18H30N2O2/c1-5-20(6-2)14(10-13(3)4)12-19-18(21)16-11-15(16)17-8-7-9-22-17/h7-9,13-16H,5-6,10-12H2,1-4H3,(H,19,21)/t14-,15-,16+/m0/s1. The van der Waals surface area contributed by atoms with Crippen molar-refractivity contribution in [3.63, 3.8) is 0 Å². The third kappa shape index (κ3) is 4.35. The molecule has 0 radical (unpaired) electrons. The van der Waals surface area contributed by atoms with E-state index in [2.05, 4.69) is 37.9 Å². The highest BCUT2D eigenvalue weighted by atomic mass is 16.3. The summed E-state index contributed by atoms with van der Waals surface area (Å²) in [6, 6.07) is 4.29. The largest absolute Gasteiger partial charge is 0.469 e. The minimum Gasteiger partial charge on any atom is -0.469 e. The number of nitrogens with zero attached hydrogens (tertiary/aromatic N) is 1. The molecule has 1 aromatic rings. The van der Waals surface area contributed by atoms with E-state index in [4.69, 9.17) is 4.42 Å². The van der Waals surface area contributed by atoms with E-state index in [0.29, 0.717) is 12.0 Å². The first-order valence-corrected chi connectivity index (χ1v) is 8.61. The van der Waals surface area contributed by atoms with Crippen LogP contribution in [0.1, 0.15) is 52.2 Å². The fraction of sp³-hybridized carbons (Fsp3) is 0.722. The lowest BCUT2D eigenvalue weighted by molar-refractivity contribution is -0.122. The highest BCUT2D eigenvalue weighted by Gasteiger charge is 2.45. The van der Waals surface area contributed by atoms with Crippen molar-refractivity contribution in [3.8, 4) is 0 Å². The van der Waals surface area contributed by atoms with E-state index in [1.165, 1.54) is 0 Å². The summed E-state index contributed by atoms with van der Waals surface area (Å²) in [5, 5.41) is 3.17. The first kappa shape index (κ1) is 17.1. The van der Waals surface area contributed by atoms with Crippen molar-refractivity contribution in [2.24, 2.45) is 11.8 Å². The zero-order chi connectivity index (χ0) is 16.1. The molecule has 0 unspecified atom stereocenters. The van der Waals surface area contributed by atoms with E-state index in [1.807, 2.05) is 12.1 Å². The molecule has 2 rings (SSSR count). The van der Waals surface area contributed by atoms with Crippen LogP contribution in [0.25, 0.3) is 0 Å². The van der Waals surface area contributed by atoms with Crippen LogP contribution in [-0.2, 0) is 4.79 Å². The normalized spacial score (nSPS) is 22.1. The zero-order valence-corrected chi connectivity index (χ0v) is 14.3. The summed E-state index contributed by atoms with van der Waals surface area (Å²) in [4.78, 5) is 14.8. The van der Waals surface area contributed by atoms with Crippen LogP contribution in [0, 0.1) is 11.8 Å². The molecule has 1 aliphatic rings. The Labute approximate surface area is 134 Å². The molecular weight excluding hydrogens is 276 g/mol. The maximum absolute atomic E-state index is 12.3. The van der Waals surface area contributed by atoms with Crippen molar-refractivity contribution in [3.05, 3.63) is 24.2 Å². The summed E-state index contributed by atoms with van der Waals surface area (Å²) in [7, 11) is 0. The van der Waals surface area contributed by atoms with Crippen LogP contribution in [-0.4, -0.2) is 36.5 Å². The van der Waals surface area contributed by atoms with Crippen LogP contribution in [0.2, 0.25) is 0 Å². The maximum atomic E-state index is 12.3. The van der Waals surface area contributed by atoms with Gasteiger partial charge in [-0.15, -0.1) is 0 Å². The van der Waals surface area contributed by atoms with E-state index in [9.17, 15) is 4.79 Å². The van der Waals surface area contributed by atoms with E-state index >= 15 is 0 Å². The number of nitrogens with one attached hydrogen (secondary N) is 1. The van der Waals surface area contributed by atoms with Crippen molar-refractivity contribution in [2.75, 3.05) is 19.6 Å². The molecule has 0 saturated heterocycles. The number of hydrogen-bond acceptors (Lipinski definition) is 3. The van der Waals surface area contributed by atoms with E-state index < -0.39 is 0 Å². The molecule has 3 atom stereocenters. The monoisotopic (exact) mass is 306 g/mol. The predicted molar refractivity (Wildman–Crippen MR) is 88.7 cm³/mol. The molecule has 1 N–H and O–H groups in total. The lowest BCUT2D eigenvalue weighted by Gasteiger charge is -2.31. The van der Waals surface area contributed by atoms with Gasteiger partial charge < -0.3 is 9.73 Å². The number of amides is 1. The van der Waals surface area contributed by atoms with Crippen molar-refractivity contribution in [1.82, 2.24) is 10.2 Å². The van der Waals surface area contributed by atoms with E-state index in [-0.39, 0.29) is 17.7 Å². The average molecular weight is 306 g/mol.